The molecule has 0 atom stereocenters. The Hall–Kier alpha value is -1.68. The summed E-state index contributed by atoms with van der Waals surface area (Å²) in [6.45, 7) is 1.92. The van der Waals surface area contributed by atoms with Crippen LogP contribution >= 0.6 is 11.6 Å². The number of nitrogens with two attached hydrogens (primary N) is 1. The summed E-state index contributed by atoms with van der Waals surface area (Å²) in [6, 6.07) is 5.23. The van der Waals surface area contributed by atoms with Gasteiger partial charge in [0, 0.05) is 6.20 Å². The van der Waals surface area contributed by atoms with Gasteiger partial charge in [-0.3, -0.25) is 0 Å². The number of aromatic nitrogens is 3. The first-order valence-corrected chi connectivity index (χ1v) is 4.76. The number of nitrogens with zero attached hydrogens (tertiary/aromatic N) is 3. The number of hydrogen-bond acceptors (Lipinski definition) is 4. The smallest absolute Gasteiger partial charge is 0.180 e. The Bertz CT molecular complexity index is 499. The molecule has 0 saturated carbocycles. The fourth-order valence-electron chi connectivity index (χ4n) is 1.22. The summed E-state index contributed by atoms with van der Waals surface area (Å²) >= 11 is 5.81. The highest BCUT2D eigenvalue weighted by Crippen LogP contribution is 2.19. The number of hydrogen-bond donors (Lipinski definition) is 1. The summed E-state index contributed by atoms with van der Waals surface area (Å²) in [4.78, 5) is 12.4. The van der Waals surface area contributed by atoms with Crippen molar-refractivity contribution in [2.45, 2.75) is 6.92 Å². The van der Waals surface area contributed by atoms with Crippen LogP contribution in [0, 0.1) is 6.92 Å². The molecule has 76 valence electrons. The number of anilines is 1. The third-order valence-electron chi connectivity index (χ3n) is 1.95. The number of aryl methyl sites for hydroxylation is 1. The molecular formula is C10H9ClN4. The lowest BCUT2D eigenvalue weighted by molar-refractivity contribution is 1.13. The lowest BCUT2D eigenvalue weighted by Gasteiger charge is -2.03. The molecule has 0 radical (unpaired) electrons. The van der Waals surface area contributed by atoms with Crippen molar-refractivity contribution in [3.8, 4) is 11.5 Å². The molecule has 2 aromatic heterocycles. The first-order valence-electron chi connectivity index (χ1n) is 4.39. The lowest BCUT2D eigenvalue weighted by atomic mass is 10.2. The molecule has 2 heterocycles. The van der Waals surface area contributed by atoms with Crippen molar-refractivity contribution in [1.29, 1.82) is 0 Å². The molecule has 4 nitrogen and oxygen atoms in total. The maximum atomic E-state index is 5.81. The van der Waals surface area contributed by atoms with Crippen LogP contribution in [0.25, 0.3) is 11.5 Å². The van der Waals surface area contributed by atoms with Crippen molar-refractivity contribution in [2.75, 3.05) is 5.73 Å². The molecule has 0 unspecified atom stereocenters. The molecule has 0 fully saturated rings. The minimum absolute atomic E-state index is 0.418. The molecule has 5 heteroatoms. The van der Waals surface area contributed by atoms with Crippen LogP contribution in [0.15, 0.2) is 24.4 Å². The molecule has 2 rings (SSSR count). The SMILES string of the molecule is Cc1ccc(Cl)nc1-c1nccc(N)n1. The van der Waals surface area contributed by atoms with Crippen LogP contribution < -0.4 is 5.73 Å². The maximum Gasteiger partial charge on any atom is 0.180 e. The predicted molar refractivity (Wildman–Crippen MR) is 59.4 cm³/mol. The van der Waals surface area contributed by atoms with Gasteiger partial charge < -0.3 is 5.73 Å². The van der Waals surface area contributed by atoms with Gasteiger partial charge in [0.15, 0.2) is 5.82 Å². The van der Waals surface area contributed by atoms with Crippen LogP contribution in [0.2, 0.25) is 5.15 Å². The van der Waals surface area contributed by atoms with E-state index in [1.807, 2.05) is 13.0 Å². The van der Waals surface area contributed by atoms with Crippen molar-refractivity contribution >= 4 is 17.4 Å². The molecule has 0 spiro atoms. The monoisotopic (exact) mass is 220 g/mol. The lowest BCUT2D eigenvalue weighted by Crippen LogP contribution is -1.97. The van der Waals surface area contributed by atoms with E-state index in [0.717, 1.165) is 5.56 Å². The van der Waals surface area contributed by atoms with E-state index in [0.29, 0.717) is 22.5 Å². The van der Waals surface area contributed by atoms with Gasteiger partial charge in [0.25, 0.3) is 0 Å². The van der Waals surface area contributed by atoms with Crippen molar-refractivity contribution in [3.63, 3.8) is 0 Å². The Kier molecular flexibility index (Phi) is 2.51. The van der Waals surface area contributed by atoms with E-state index in [2.05, 4.69) is 15.0 Å². The highest BCUT2D eigenvalue weighted by Gasteiger charge is 2.07. The average molecular weight is 221 g/mol. The zero-order valence-electron chi connectivity index (χ0n) is 8.11. The molecule has 0 aliphatic rings. The highest BCUT2D eigenvalue weighted by atomic mass is 35.5. The fourth-order valence-corrected chi connectivity index (χ4v) is 1.37. The zero-order chi connectivity index (χ0) is 10.8. The molecular weight excluding hydrogens is 212 g/mol. The largest absolute Gasteiger partial charge is 0.384 e. The number of pyridine rings is 1. The van der Waals surface area contributed by atoms with Crippen LogP contribution in [0.5, 0.6) is 0 Å². The number of rotatable bonds is 1. The minimum atomic E-state index is 0.418. The zero-order valence-corrected chi connectivity index (χ0v) is 8.86. The Labute approximate surface area is 92.2 Å². The van der Waals surface area contributed by atoms with Crippen LogP contribution in [0.4, 0.5) is 5.82 Å². The van der Waals surface area contributed by atoms with Gasteiger partial charge in [0.1, 0.15) is 16.7 Å². The van der Waals surface area contributed by atoms with Crippen molar-refractivity contribution in [1.82, 2.24) is 15.0 Å². The summed E-state index contributed by atoms with van der Waals surface area (Å²) in [6.07, 6.45) is 1.60. The van der Waals surface area contributed by atoms with Gasteiger partial charge >= 0.3 is 0 Å². The van der Waals surface area contributed by atoms with E-state index < -0.39 is 0 Å². The molecule has 15 heavy (non-hydrogen) atoms. The molecule has 0 saturated heterocycles. The van der Waals surface area contributed by atoms with E-state index >= 15 is 0 Å². The van der Waals surface area contributed by atoms with E-state index in [-0.39, 0.29) is 0 Å². The summed E-state index contributed by atoms with van der Waals surface area (Å²) < 4.78 is 0. The van der Waals surface area contributed by atoms with E-state index in [9.17, 15) is 0 Å². The minimum Gasteiger partial charge on any atom is -0.384 e. The van der Waals surface area contributed by atoms with E-state index in [1.165, 1.54) is 0 Å². The molecule has 0 aliphatic carbocycles. The normalized spacial score (nSPS) is 10.3. The van der Waals surface area contributed by atoms with Gasteiger partial charge in [-0.2, -0.15) is 0 Å². The molecule has 0 aromatic carbocycles. The number of halogens is 1. The molecule has 2 aromatic rings. The molecule has 0 aliphatic heterocycles. The van der Waals surface area contributed by atoms with Crippen molar-refractivity contribution < 1.29 is 0 Å². The van der Waals surface area contributed by atoms with Crippen LogP contribution in [-0.2, 0) is 0 Å². The summed E-state index contributed by atoms with van der Waals surface area (Å²) in [5.74, 6) is 0.913. The maximum absolute atomic E-state index is 5.81. The second kappa shape index (κ2) is 3.82. The fraction of sp³-hybridized carbons (Fsp3) is 0.100. The average Bonchev–Trinajstić information content (AvgIpc) is 2.22. The molecule has 0 amide bonds. The third-order valence-corrected chi connectivity index (χ3v) is 2.16. The summed E-state index contributed by atoms with van der Waals surface area (Å²) in [5, 5.41) is 0.418. The van der Waals surface area contributed by atoms with Crippen molar-refractivity contribution in [2.24, 2.45) is 0 Å². The first-order chi connectivity index (χ1) is 7.16. The number of nitrogen functional groups attached to an aromatic ring is 1. The highest BCUT2D eigenvalue weighted by molar-refractivity contribution is 6.29. The standard InChI is InChI=1S/C10H9ClN4/c1-6-2-3-7(11)14-9(6)10-13-5-4-8(12)15-10/h2-5H,1H3,(H2,12,13,15). The van der Waals surface area contributed by atoms with Crippen molar-refractivity contribution in [3.05, 3.63) is 35.1 Å². The quantitative estimate of drug-likeness (QED) is 0.748. The Morgan fingerprint density at radius 3 is 2.73 bits per heavy atom. The van der Waals surface area contributed by atoms with E-state index in [1.54, 1.807) is 18.3 Å². The van der Waals surface area contributed by atoms with Gasteiger partial charge in [-0.25, -0.2) is 15.0 Å². The Morgan fingerprint density at radius 2 is 2.00 bits per heavy atom. The molecule has 2 N–H and O–H groups in total. The van der Waals surface area contributed by atoms with E-state index in [4.69, 9.17) is 17.3 Å². The second-order valence-electron chi connectivity index (χ2n) is 3.10. The Balaban J connectivity index is 2.58. The van der Waals surface area contributed by atoms with Crippen LogP contribution in [0.3, 0.4) is 0 Å². The first kappa shape index (κ1) is 9.86. The topological polar surface area (TPSA) is 64.7 Å². The summed E-state index contributed by atoms with van der Waals surface area (Å²) in [5.41, 5.74) is 7.20. The predicted octanol–water partition coefficient (Wildman–Crippen LogP) is 2.08. The van der Waals surface area contributed by atoms with Gasteiger partial charge in [-0.15, -0.1) is 0 Å². The van der Waals surface area contributed by atoms with Gasteiger partial charge in [0.05, 0.1) is 0 Å². The van der Waals surface area contributed by atoms with Gasteiger partial charge in [0.2, 0.25) is 0 Å². The molecule has 0 bridgehead atoms. The van der Waals surface area contributed by atoms with Gasteiger partial charge in [-0.05, 0) is 24.6 Å². The second-order valence-corrected chi connectivity index (χ2v) is 3.49. The van der Waals surface area contributed by atoms with Crippen LogP contribution in [-0.4, -0.2) is 15.0 Å². The summed E-state index contributed by atoms with van der Waals surface area (Å²) in [7, 11) is 0. The third kappa shape index (κ3) is 2.05. The van der Waals surface area contributed by atoms with Gasteiger partial charge in [-0.1, -0.05) is 17.7 Å². The Morgan fingerprint density at radius 1 is 1.20 bits per heavy atom. The van der Waals surface area contributed by atoms with Crippen LogP contribution in [0.1, 0.15) is 5.56 Å².